The summed E-state index contributed by atoms with van der Waals surface area (Å²) in [6.07, 6.45) is 3.68. The third-order valence-corrected chi connectivity index (χ3v) is 5.58. The lowest BCUT2D eigenvalue weighted by Gasteiger charge is -2.41. The van der Waals surface area contributed by atoms with Crippen LogP contribution in [0.2, 0.25) is 0 Å². The van der Waals surface area contributed by atoms with E-state index >= 15 is 0 Å². The molecule has 0 aromatic heterocycles. The monoisotopic (exact) mass is 298 g/mol. The van der Waals surface area contributed by atoms with E-state index in [1.165, 1.54) is 6.07 Å². The zero-order valence-electron chi connectivity index (χ0n) is 10.8. The summed E-state index contributed by atoms with van der Waals surface area (Å²) in [5, 5.41) is 0. The highest BCUT2D eigenvalue weighted by molar-refractivity contribution is 7.89. The van der Waals surface area contributed by atoms with Crippen LogP contribution in [0.3, 0.4) is 0 Å². The van der Waals surface area contributed by atoms with Gasteiger partial charge in [0, 0.05) is 11.1 Å². The van der Waals surface area contributed by atoms with Gasteiger partial charge in [-0.25, -0.2) is 13.1 Å². The Kier molecular flexibility index (Phi) is 3.94. The molecule has 4 nitrogen and oxygen atoms in total. The third-order valence-electron chi connectivity index (χ3n) is 3.77. The van der Waals surface area contributed by atoms with Crippen molar-refractivity contribution in [1.29, 1.82) is 0 Å². The van der Waals surface area contributed by atoms with E-state index in [1.54, 1.807) is 18.2 Å². The van der Waals surface area contributed by atoms with Gasteiger partial charge in [-0.15, -0.1) is 0 Å². The van der Waals surface area contributed by atoms with E-state index in [-0.39, 0.29) is 15.4 Å². The van der Waals surface area contributed by atoms with Crippen LogP contribution >= 0.6 is 12.2 Å². The van der Waals surface area contributed by atoms with Crippen LogP contribution in [-0.4, -0.2) is 18.9 Å². The standard InChI is InChI=1S/C13H18N2O2S2/c1-2-13(7-4-8-13)15-19(16,17)11-6-3-5-10(9-11)12(14)18/h3,5-6,9,15H,2,4,7-8H2,1H3,(H2,14,18). The molecule has 19 heavy (non-hydrogen) atoms. The summed E-state index contributed by atoms with van der Waals surface area (Å²) < 4.78 is 27.6. The molecule has 0 atom stereocenters. The smallest absolute Gasteiger partial charge is 0.241 e. The molecule has 6 heteroatoms. The van der Waals surface area contributed by atoms with Gasteiger partial charge in [0.25, 0.3) is 0 Å². The Morgan fingerprint density at radius 3 is 2.63 bits per heavy atom. The highest BCUT2D eigenvalue weighted by Crippen LogP contribution is 2.36. The molecular formula is C13H18N2O2S2. The van der Waals surface area contributed by atoms with Crippen LogP contribution in [0.4, 0.5) is 0 Å². The number of rotatable bonds is 5. The minimum atomic E-state index is -3.51. The van der Waals surface area contributed by atoms with E-state index in [0.717, 1.165) is 25.7 Å². The topological polar surface area (TPSA) is 72.2 Å². The van der Waals surface area contributed by atoms with Crippen molar-refractivity contribution < 1.29 is 8.42 Å². The lowest BCUT2D eigenvalue weighted by Crippen LogP contribution is -2.52. The fourth-order valence-electron chi connectivity index (χ4n) is 2.29. The van der Waals surface area contributed by atoms with E-state index in [4.69, 9.17) is 18.0 Å². The molecule has 0 saturated heterocycles. The first-order valence-electron chi connectivity index (χ1n) is 6.32. The molecular weight excluding hydrogens is 280 g/mol. The molecule has 1 aliphatic carbocycles. The first kappa shape index (κ1) is 14.4. The maximum Gasteiger partial charge on any atom is 0.241 e. The number of nitrogens with two attached hydrogens (primary N) is 1. The Hall–Kier alpha value is -0.980. The molecule has 1 saturated carbocycles. The molecule has 0 unspecified atom stereocenters. The Bertz CT molecular complexity index is 587. The second-order valence-corrected chi connectivity index (χ2v) is 7.11. The summed E-state index contributed by atoms with van der Waals surface area (Å²) in [5.74, 6) is 0. The molecule has 0 aliphatic heterocycles. The van der Waals surface area contributed by atoms with Crippen LogP contribution in [0.5, 0.6) is 0 Å². The number of nitrogens with one attached hydrogen (secondary N) is 1. The van der Waals surface area contributed by atoms with Gasteiger partial charge >= 0.3 is 0 Å². The van der Waals surface area contributed by atoms with Crippen molar-refractivity contribution in [2.75, 3.05) is 0 Å². The molecule has 0 radical (unpaired) electrons. The molecule has 0 heterocycles. The zero-order valence-corrected chi connectivity index (χ0v) is 12.5. The number of sulfonamides is 1. The molecule has 104 valence electrons. The van der Waals surface area contributed by atoms with Crippen LogP contribution in [0, 0.1) is 0 Å². The van der Waals surface area contributed by atoms with Gasteiger partial charge in [0.15, 0.2) is 0 Å². The van der Waals surface area contributed by atoms with Crippen molar-refractivity contribution in [3.63, 3.8) is 0 Å². The highest BCUT2D eigenvalue weighted by atomic mass is 32.2. The Morgan fingerprint density at radius 1 is 1.47 bits per heavy atom. The van der Waals surface area contributed by atoms with Crippen molar-refractivity contribution in [2.24, 2.45) is 5.73 Å². The Morgan fingerprint density at radius 2 is 2.16 bits per heavy atom. The Balaban J connectivity index is 2.29. The van der Waals surface area contributed by atoms with Gasteiger partial charge in [0.2, 0.25) is 10.0 Å². The lowest BCUT2D eigenvalue weighted by molar-refractivity contribution is 0.214. The van der Waals surface area contributed by atoms with E-state index in [1.807, 2.05) is 6.92 Å². The summed E-state index contributed by atoms with van der Waals surface area (Å²) in [7, 11) is -3.51. The van der Waals surface area contributed by atoms with Crippen LogP contribution in [0.25, 0.3) is 0 Å². The van der Waals surface area contributed by atoms with Crippen molar-refractivity contribution >= 4 is 27.2 Å². The van der Waals surface area contributed by atoms with Gasteiger partial charge < -0.3 is 5.73 Å². The molecule has 1 aromatic carbocycles. The second kappa shape index (κ2) is 5.19. The maximum atomic E-state index is 12.4. The fraction of sp³-hybridized carbons (Fsp3) is 0.462. The summed E-state index contributed by atoms with van der Waals surface area (Å²) in [6.45, 7) is 2.01. The number of hydrogen-bond donors (Lipinski definition) is 2. The number of thiocarbonyl (C=S) groups is 1. The fourth-order valence-corrected chi connectivity index (χ4v) is 3.99. The molecule has 0 bridgehead atoms. The summed E-state index contributed by atoms with van der Waals surface area (Å²) in [4.78, 5) is 0.420. The SMILES string of the molecule is CCC1(NS(=O)(=O)c2cccc(C(N)=S)c2)CCC1. The maximum absolute atomic E-state index is 12.4. The quantitative estimate of drug-likeness (QED) is 0.815. The second-order valence-electron chi connectivity index (χ2n) is 4.99. The van der Waals surface area contributed by atoms with Crippen LogP contribution in [-0.2, 0) is 10.0 Å². The molecule has 3 N–H and O–H groups in total. The first-order valence-corrected chi connectivity index (χ1v) is 8.21. The molecule has 1 aliphatic rings. The van der Waals surface area contributed by atoms with Gasteiger partial charge in [0.1, 0.15) is 4.99 Å². The van der Waals surface area contributed by atoms with Crippen LogP contribution < -0.4 is 10.5 Å². The molecule has 0 amide bonds. The molecule has 1 fully saturated rings. The van der Waals surface area contributed by atoms with Crippen LogP contribution in [0.1, 0.15) is 38.2 Å². The van der Waals surface area contributed by atoms with E-state index in [0.29, 0.717) is 5.56 Å². The van der Waals surface area contributed by atoms with Crippen molar-refractivity contribution in [3.05, 3.63) is 29.8 Å². The van der Waals surface area contributed by atoms with Gasteiger partial charge in [-0.2, -0.15) is 0 Å². The number of benzene rings is 1. The normalized spacial score (nSPS) is 17.7. The summed E-state index contributed by atoms with van der Waals surface area (Å²) in [6, 6.07) is 6.45. The average Bonchev–Trinajstić information content (AvgIpc) is 2.34. The summed E-state index contributed by atoms with van der Waals surface area (Å²) in [5.41, 5.74) is 5.83. The van der Waals surface area contributed by atoms with Gasteiger partial charge in [-0.3, -0.25) is 0 Å². The lowest BCUT2D eigenvalue weighted by atomic mass is 9.76. The molecule has 1 aromatic rings. The highest BCUT2D eigenvalue weighted by Gasteiger charge is 2.39. The first-order chi connectivity index (χ1) is 8.88. The van der Waals surface area contributed by atoms with Crippen molar-refractivity contribution in [3.8, 4) is 0 Å². The predicted molar refractivity (Wildman–Crippen MR) is 79.5 cm³/mol. The predicted octanol–water partition coefficient (Wildman–Crippen LogP) is 1.93. The minimum Gasteiger partial charge on any atom is -0.389 e. The third kappa shape index (κ3) is 2.96. The molecule has 0 spiro atoms. The average molecular weight is 298 g/mol. The van der Waals surface area contributed by atoms with Gasteiger partial charge in [-0.05, 0) is 37.8 Å². The Labute approximate surface area is 119 Å². The minimum absolute atomic E-state index is 0.200. The van der Waals surface area contributed by atoms with Gasteiger partial charge in [0.05, 0.1) is 4.90 Å². The van der Waals surface area contributed by atoms with Crippen LogP contribution in [0.15, 0.2) is 29.2 Å². The largest absolute Gasteiger partial charge is 0.389 e. The summed E-state index contributed by atoms with van der Waals surface area (Å²) >= 11 is 4.87. The van der Waals surface area contributed by atoms with Crippen molar-refractivity contribution in [2.45, 2.75) is 43.0 Å². The van der Waals surface area contributed by atoms with Gasteiger partial charge in [-0.1, -0.05) is 31.3 Å². The molecule has 2 rings (SSSR count). The van der Waals surface area contributed by atoms with E-state index in [2.05, 4.69) is 4.72 Å². The zero-order chi connectivity index (χ0) is 14.1. The van der Waals surface area contributed by atoms with Crippen molar-refractivity contribution in [1.82, 2.24) is 4.72 Å². The van der Waals surface area contributed by atoms with E-state index in [9.17, 15) is 8.42 Å². The number of hydrogen-bond acceptors (Lipinski definition) is 3. The van der Waals surface area contributed by atoms with E-state index < -0.39 is 10.0 Å².